The standard InChI is InChI=1S/C21H19FN8O2/c1-14-26-27-28-30(14)17-5-6-18(22)19(12-17)25-21(32)15-3-2-4-16(11-15)24-20(31)7-9-29-10-8-23-13-29/h2-6,8,10-13H,7,9H2,1H3,(H,24,31)(H,25,32). The minimum atomic E-state index is -0.600. The fraction of sp³-hybridized carbons (Fsp3) is 0.143. The molecule has 0 radical (unpaired) electrons. The molecule has 2 heterocycles. The van der Waals surface area contributed by atoms with E-state index in [1.807, 2.05) is 0 Å². The zero-order valence-corrected chi connectivity index (χ0v) is 17.1. The minimum Gasteiger partial charge on any atom is -0.337 e. The van der Waals surface area contributed by atoms with Crippen molar-refractivity contribution in [2.75, 3.05) is 10.6 Å². The first-order chi connectivity index (χ1) is 15.5. The Kier molecular flexibility index (Phi) is 5.97. The van der Waals surface area contributed by atoms with Crippen molar-refractivity contribution in [3.63, 3.8) is 0 Å². The van der Waals surface area contributed by atoms with Crippen molar-refractivity contribution in [1.29, 1.82) is 0 Å². The van der Waals surface area contributed by atoms with Gasteiger partial charge in [0.15, 0.2) is 5.82 Å². The van der Waals surface area contributed by atoms with E-state index in [4.69, 9.17) is 0 Å². The van der Waals surface area contributed by atoms with Gasteiger partial charge in [-0.25, -0.2) is 9.37 Å². The van der Waals surface area contributed by atoms with Crippen LogP contribution in [0.4, 0.5) is 15.8 Å². The summed E-state index contributed by atoms with van der Waals surface area (Å²) in [6.07, 6.45) is 5.30. The highest BCUT2D eigenvalue weighted by molar-refractivity contribution is 6.05. The van der Waals surface area contributed by atoms with E-state index in [0.717, 1.165) is 0 Å². The molecule has 2 aromatic heterocycles. The van der Waals surface area contributed by atoms with E-state index >= 15 is 0 Å². The molecular formula is C21H19FN8O2. The first-order valence-electron chi connectivity index (χ1n) is 9.71. The van der Waals surface area contributed by atoms with Gasteiger partial charge in [-0.1, -0.05) is 6.07 Å². The summed E-state index contributed by atoms with van der Waals surface area (Å²) < 4.78 is 17.5. The van der Waals surface area contributed by atoms with Crippen LogP contribution in [0.3, 0.4) is 0 Å². The molecule has 0 aliphatic carbocycles. The monoisotopic (exact) mass is 434 g/mol. The Morgan fingerprint density at radius 2 is 2.00 bits per heavy atom. The fourth-order valence-electron chi connectivity index (χ4n) is 3.02. The summed E-state index contributed by atoms with van der Waals surface area (Å²) >= 11 is 0. The minimum absolute atomic E-state index is 0.0165. The molecule has 2 aromatic carbocycles. The Bertz CT molecular complexity index is 1250. The van der Waals surface area contributed by atoms with Crippen molar-refractivity contribution in [1.82, 2.24) is 29.8 Å². The van der Waals surface area contributed by atoms with Gasteiger partial charge in [0.05, 0.1) is 17.7 Å². The van der Waals surface area contributed by atoms with Crippen LogP contribution in [-0.4, -0.2) is 41.6 Å². The average Bonchev–Trinajstić information content (AvgIpc) is 3.46. The second-order valence-electron chi connectivity index (χ2n) is 6.94. The summed E-state index contributed by atoms with van der Waals surface area (Å²) in [5.41, 5.74) is 1.22. The first-order valence-corrected chi connectivity index (χ1v) is 9.71. The SMILES string of the molecule is Cc1nnnn1-c1ccc(F)c(NC(=O)c2cccc(NC(=O)CCn3ccnc3)c2)c1. The number of carbonyl (C=O) groups excluding carboxylic acids is 2. The van der Waals surface area contributed by atoms with Crippen molar-refractivity contribution in [2.24, 2.45) is 0 Å². The number of hydrogen-bond acceptors (Lipinski definition) is 6. The van der Waals surface area contributed by atoms with E-state index in [2.05, 4.69) is 31.1 Å². The fourth-order valence-corrected chi connectivity index (χ4v) is 3.02. The van der Waals surface area contributed by atoms with Crippen molar-refractivity contribution in [3.8, 4) is 5.69 Å². The Balaban J connectivity index is 1.44. The molecule has 0 fully saturated rings. The Labute approximate surface area is 182 Å². The number of halogens is 1. The number of imidazole rings is 1. The lowest BCUT2D eigenvalue weighted by Crippen LogP contribution is -2.16. The number of aromatic nitrogens is 6. The van der Waals surface area contributed by atoms with Crippen LogP contribution in [-0.2, 0) is 11.3 Å². The zero-order chi connectivity index (χ0) is 22.5. The third-order valence-electron chi connectivity index (χ3n) is 4.63. The van der Waals surface area contributed by atoms with Gasteiger partial charge in [-0.15, -0.1) is 5.10 Å². The molecule has 0 unspecified atom stereocenters. The van der Waals surface area contributed by atoms with Crippen LogP contribution >= 0.6 is 0 Å². The van der Waals surface area contributed by atoms with Gasteiger partial charge in [-0.2, -0.15) is 4.68 Å². The molecule has 0 aliphatic rings. The topological polar surface area (TPSA) is 120 Å². The molecule has 0 bridgehead atoms. The smallest absolute Gasteiger partial charge is 0.255 e. The summed E-state index contributed by atoms with van der Waals surface area (Å²) in [6, 6.07) is 10.6. The second-order valence-corrected chi connectivity index (χ2v) is 6.94. The molecule has 0 saturated heterocycles. The average molecular weight is 434 g/mol. The maximum absolute atomic E-state index is 14.3. The highest BCUT2D eigenvalue weighted by Crippen LogP contribution is 2.20. The molecule has 2 amide bonds. The molecule has 162 valence electrons. The van der Waals surface area contributed by atoms with Crippen molar-refractivity contribution >= 4 is 23.2 Å². The van der Waals surface area contributed by atoms with E-state index in [0.29, 0.717) is 23.7 Å². The van der Waals surface area contributed by atoms with E-state index in [1.165, 1.54) is 28.9 Å². The number of tetrazole rings is 1. The van der Waals surface area contributed by atoms with E-state index in [1.54, 1.807) is 48.4 Å². The predicted molar refractivity (Wildman–Crippen MR) is 114 cm³/mol. The molecule has 4 aromatic rings. The lowest BCUT2D eigenvalue weighted by Gasteiger charge is -2.11. The molecule has 4 rings (SSSR count). The van der Waals surface area contributed by atoms with Crippen LogP contribution in [0.2, 0.25) is 0 Å². The third-order valence-corrected chi connectivity index (χ3v) is 4.63. The Morgan fingerprint density at radius 3 is 2.75 bits per heavy atom. The lowest BCUT2D eigenvalue weighted by molar-refractivity contribution is -0.116. The third kappa shape index (κ3) is 4.83. The molecular weight excluding hydrogens is 415 g/mol. The van der Waals surface area contributed by atoms with Crippen LogP contribution in [0.5, 0.6) is 0 Å². The van der Waals surface area contributed by atoms with Gasteiger partial charge in [0.1, 0.15) is 5.82 Å². The molecule has 10 nitrogen and oxygen atoms in total. The Morgan fingerprint density at radius 1 is 1.12 bits per heavy atom. The second kappa shape index (κ2) is 9.16. The first kappa shape index (κ1) is 20.8. The molecule has 0 spiro atoms. The van der Waals surface area contributed by atoms with Crippen LogP contribution < -0.4 is 10.6 Å². The van der Waals surface area contributed by atoms with Crippen LogP contribution in [0, 0.1) is 12.7 Å². The number of benzene rings is 2. The van der Waals surface area contributed by atoms with Gasteiger partial charge >= 0.3 is 0 Å². The van der Waals surface area contributed by atoms with Gasteiger partial charge in [-0.3, -0.25) is 9.59 Å². The lowest BCUT2D eigenvalue weighted by atomic mass is 10.1. The maximum Gasteiger partial charge on any atom is 0.255 e. The molecule has 0 atom stereocenters. The largest absolute Gasteiger partial charge is 0.337 e. The molecule has 32 heavy (non-hydrogen) atoms. The molecule has 2 N–H and O–H groups in total. The van der Waals surface area contributed by atoms with Gasteiger partial charge < -0.3 is 15.2 Å². The van der Waals surface area contributed by atoms with Gasteiger partial charge in [-0.05, 0) is 53.7 Å². The zero-order valence-electron chi connectivity index (χ0n) is 17.1. The van der Waals surface area contributed by atoms with Crippen molar-refractivity contribution in [2.45, 2.75) is 19.9 Å². The number of nitrogens with zero attached hydrogens (tertiary/aromatic N) is 6. The summed E-state index contributed by atoms with van der Waals surface area (Å²) in [5.74, 6) is -0.807. The van der Waals surface area contributed by atoms with Gasteiger partial charge in [0, 0.05) is 36.6 Å². The number of amides is 2. The van der Waals surface area contributed by atoms with E-state index in [-0.39, 0.29) is 23.6 Å². The summed E-state index contributed by atoms with van der Waals surface area (Å²) in [6.45, 7) is 2.19. The quantitative estimate of drug-likeness (QED) is 0.461. The number of nitrogens with one attached hydrogen (secondary N) is 2. The Hall–Kier alpha value is -4.41. The van der Waals surface area contributed by atoms with Crippen LogP contribution in [0.1, 0.15) is 22.6 Å². The molecule has 0 aliphatic heterocycles. The molecule has 0 saturated carbocycles. The highest BCUT2D eigenvalue weighted by atomic mass is 19.1. The summed E-state index contributed by atoms with van der Waals surface area (Å²) in [4.78, 5) is 28.8. The van der Waals surface area contributed by atoms with Crippen LogP contribution in [0.25, 0.3) is 5.69 Å². The number of carbonyl (C=O) groups is 2. The normalized spacial score (nSPS) is 10.7. The van der Waals surface area contributed by atoms with E-state index in [9.17, 15) is 14.0 Å². The van der Waals surface area contributed by atoms with Gasteiger partial charge in [0.25, 0.3) is 5.91 Å². The maximum atomic E-state index is 14.3. The number of anilines is 2. The highest BCUT2D eigenvalue weighted by Gasteiger charge is 2.13. The molecule has 11 heteroatoms. The van der Waals surface area contributed by atoms with Crippen LogP contribution in [0.15, 0.2) is 61.2 Å². The number of hydrogen-bond donors (Lipinski definition) is 2. The summed E-state index contributed by atoms with van der Waals surface area (Å²) in [7, 11) is 0. The van der Waals surface area contributed by atoms with Crippen molar-refractivity contribution in [3.05, 3.63) is 78.4 Å². The van der Waals surface area contributed by atoms with E-state index < -0.39 is 11.7 Å². The number of rotatable bonds is 7. The van der Waals surface area contributed by atoms with Gasteiger partial charge in [0.2, 0.25) is 5.91 Å². The summed E-state index contributed by atoms with van der Waals surface area (Å²) in [5, 5.41) is 16.5. The number of aryl methyl sites for hydroxylation is 2. The van der Waals surface area contributed by atoms with Crippen molar-refractivity contribution < 1.29 is 14.0 Å². The predicted octanol–water partition coefficient (Wildman–Crippen LogP) is 2.59.